The van der Waals surface area contributed by atoms with E-state index in [1.54, 1.807) is 6.08 Å². The molecule has 0 radical (unpaired) electrons. The molecule has 2 saturated heterocycles. The Hall–Kier alpha value is -2.57. The molecule has 0 spiro atoms. The van der Waals surface area contributed by atoms with E-state index in [1.807, 2.05) is 6.08 Å². The summed E-state index contributed by atoms with van der Waals surface area (Å²) in [5, 5.41) is 86.4. The molecule has 9 N–H and O–H groups in total. The van der Waals surface area contributed by atoms with Crippen molar-refractivity contribution in [3.8, 4) is 0 Å². The second-order valence-electron chi connectivity index (χ2n) is 17.6. The summed E-state index contributed by atoms with van der Waals surface area (Å²) in [5.74, 6) is -0.255. The predicted molar refractivity (Wildman–Crippen MR) is 258 cm³/mol. The molecule has 12 atom stereocenters. The van der Waals surface area contributed by atoms with Gasteiger partial charge in [-0.1, -0.05) is 157 Å². The van der Waals surface area contributed by atoms with E-state index < -0.39 is 86.8 Å². The zero-order valence-electron chi connectivity index (χ0n) is 40.2. The molecule has 2 aliphatic rings. The van der Waals surface area contributed by atoms with Crippen molar-refractivity contribution in [2.45, 2.75) is 229 Å². The van der Waals surface area contributed by atoms with Gasteiger partial charge in [-0.3, -0.25) is 4.79 Å². The SMILES string of the molecule is CC/C=C\C/C=C\C/C=C\C/C=C\C/C=C\CCCCCCCCCCCC(=O)NC(COC1OC(CO)C(OC2OC(CO)C(O)C(O)C2O)C(O)C1O)C(O)/C=C/CCCCCCC. The smallest absolute Gasteiger partial charge is 0.220 e. The highest BCUT2D eigenvalue weighted by atomic mass is 16.7. The highest BCUT2D eigenvalue weighted by molar-refractivity contribution is 5.76. The second-order valence-corrected chi connectivity index (χ2v) is 17.6. The zero-order valence-corrected chi connectivity index (χ0v) is 40.2. The maximum Gasteiger partial charge on any atom is 0.220 e. The van der Waals surface area contributed by atoms with Crippen LogP contribution < -0.4 is 5.32 Å². The van der Waals surface area contributed by atoms with Crippen LogP contribution in [0.4, 0.5) is 0 Å². The van der Waals surface area contributed by atoms with Crippen molar-refractivity contribution in [2.75, 3.05) is 19.8 Å². The molecule has 14 nitrogen and oxygen atoms in total. The number of hydrogen-bond acceptors (Lipinski definition) is 13. The van der Waals surface area contributed by atoms with Gasteiger partial charge in [-0.25, -0.2) is 0 Å². The van der Waals surface area contributed by atoms with Crippen molar-refractivity contribution in [3.05, 3.63) is 72.9 Å². The van der Waals surface area contributed by atoms with Gasteiger partial charge >= 0.3 is 0 Å². The van der Waals surface area contributed by atoms with Gasteiger partial charge in [0.2, 0.25) is 5.91 Å². The van der Waals surface area contributed by atoms with Crippen LogP contribution in [0.3, 0.4) is 0 Å². The Kier molecular flexibility index (Phi) is 34.6. The van der Waals surface area contributed by atoms with E-state index >= 15 is 0 Å². The van der Waals surface area contributed by atoms with Crippen LogP contribution >= 0.6 is 0 Å². The summed E-state index contributed by atoms with van der Waals surface area (Å²) in [7, 11) is 0. The number of rotatable bonds is 37. The van der Waals surface area contributed by atoms with Crippen molar-refractivity contribution in [2.24, 2.45) is 0 Å². The van der Waals surface area contributed by atoms with Crippen molar-refractivity contribution in [1.82, 2.24) is 5.32 Å². The van der Waals surface area contributed by atoms with Gasteiger partial charge in [0.05, 0.1) is 32.0 Å². The first-order valence-corrected chi connectivity index (χ1v) is 25.2. The maximum atomic E-state index is 13.1. The fourth-order valence-electron chi connectivity index (χ4n) is 7.79. The highest BCUT2D eigenvalue weighted by Gasteiger charge is 2.51. The Morgan fingerprint density at radius 3 is 1.61 bits per heavy atom. The van der Waals surface area contributed by atoms with E-state index in [2.05, 4.69) is 79.9 Å². The van der Waals surface area contributed by atoms with Crippen LogP contribution in [0.1, 0.15) is 155 Å². The highest BCUT2D eigenvalue weighted by Crippen LogP contribution is 2.30. The van der Waals surface area contributed by atoms with Gasteiger partial charge in [-0.15, -0.1) is 0 Å². The summed E-state index contributed by atoms with van der Waals surface area (Å²) in [5.41, 5.74) is 0. The molecule has 380 valence electrons. The van der Waals surface area contributed by atoms with Gasteiger partial charge in [0.25, 0.3) is 0 Å². The topological polar surface area (TPSA) is 228 Å². The Balaban J connectivity index is 1.72. The molecule has 2 heterocycles. The average molecular weight is 936 g/mol. The first kappa shape index (κ1) is 59.6. The minimum absolute atomic E-state index is 0.255. The molecule has 2 aliphatic heterocycles. The minimum Gasteiger partial charge on any atom is -0.394 e. The van der Waals surface area contributed by atoms with E-state index in [-0.39, 0.29) is 18.9 Å². The molecule has 0 aliphatic carbocycles. The van der Waals surface area contributed by atoms with E-state index in [9.17, 15) is 45.6 Å². The van der Waals surface area contributed by atoms with Crippen LogP contribution in [-0.4, -0.2) is 140 Å². The minimum atomic E-state index is -1.79. The summed E-state index contributed by atoms with van der Waals surface area (Å²) in [4.78, 5) is 13.1. The Morgan fingerprint density at radius 2 is 1.05 bits per heavy atom. The van der Waals surface area contributed by atoms with Gasteiger partial charge in [0.15, 0.2) is 12.6 Å². The fraction of sp³-hybridized carbons (Fsp3) is 0.750. The molecular weight excluding hydrogens is 847 g/mol. The third kappa shape index (κ3) is 25.2. The zero-order chi connectivity index (χ0) is 48.2. The fourth-order valence-corrected chi connectivity index (χ4v) is 7.79. The third-order valence-corrected chi connectivity index (χ3v) is 11.9. The van der Waals surface area contributed by atoms with Crippen LogP contribution in [0.25, 0.3) is 0 Å². The molecule has 14 heteroatoms. The third-order valence-electron chi connectivity index (χ3n) is 11.9. The normalized spacial score (nSPS) is 27.4. The molecule has 0 aromatic carbocycles. The molecule has 1 amide bonds. The van der Waals surface area contributed by atoms with Crippen molar-refractivity contribution < 1.29 is 64.6 Å². The molecule has 0 bridgehead atoms. The van der Waals surface area contributed by atoms with Gasteiger partial charge < -0.3 is 65.1 Å². The van der Waals surface area contributed by atoms with Crippen LogP contribution in [0.15, 0.2) is 72.9 Å². The van der Waals surface area contributed by atoms with E-state index in [1.165, 1.54) is 38.5 Å². The predicted octanol–water partition coefficient (Wildman–Crippen LogP) is 6.43. The number of ether oxygens (including phenoxy) is 4. The average Bonchev–Trinajstić information content (AvgIpc) is 3.31. The number of amides is 1. The van der Waals surface area contributed by atoms with Crippen molar-refractivity contribution in [1.29, 1.82) is 0 Å². The number of allylic oxidation sites excluding steroid dienone is 11. The summed E-state index contributed by atoms with van der Waals surface area (Å²) in [6.45, 7) is 2.57. The molecule has 0 aromatic heterocycles. The molecule has 0 aromatic rings. The Bertz CT molecular complexity index is 1380. The largest absolute Gasteiger partial charge is 0.394 e. The van der Waals surface area contributed by atoms with Crippen LogP contribution in [0.5, 0.6) is 0 Å². The van der Waals surface area contributed by atoms with Crippen LogP contribution in [0.2, 0.25) is 0 Å². The van der Waals surface area contributed by atoms with E-state index in [0.717, 1.165) is 89.9 Å². The number of carbonyl (C=O) groups is 1. The lowest BCUT2D eigenvalue weighted by molar-refractivity contribution is -0.359. The number of unbranched alkanes of at least 4 members (excludes halogenated alkanes) is 14. The summed E-state index contributed by atoms with van der Waals surface area (Å²) >= 11 is 0. The molecular formula is C52H89NO13. The van der Waals surface area contributed by atoms with Crippen molar-refractivity contribution in [3.63, 3.8) is 0 Å². The molecule has 2 fully saturated rings. The first-order chi connectivity index (χ1) is 32.1. The number of aliphatic hydroxyl groups excluding tert-OH is 8. The first-order valence-electron chi connectivity index (χ1n) is 25.2. The lowest BCUT2D eigenvalue weighted by Gasteiger charge is -2.46. The van der Waals surface area contributed by atoms with Crippen LogP contribution in [-0.2, 0) is 23.7 Å². The number of nitrogens with one attached hydrogen (secondary N) is 1. The van der Waals surface area contributed by atoms with Gasteiger partial charge in [0.1, 0.15) is 48.8 Å². The van der Waals surface area contributed by atoms with Crippen molar-refractivity contribution >= 4 is 5.91 Å². The summed E-state index contributed by atoms with van der Waals surface area (Å²) in [6.07, 6.45) is 31.2. The standard InChI is InChI=1S/C52H89NO13/c1-3-5-7-9-11-12-13-14-15-16-17-18-19-20-21-22-23-24-25-26-27-28-30-32-34-36-44(57)53-40(41(56)35-33-31-29-10-8-6-4-2)39-63-51-49(62)47(60)50(43(38-55)65-51)66-52-48(61)46(59)45(58)42(37-54)64-52/h5,7,11-12,14-15,17-18,20-21,33,35,40-43,45-52,54-56,58-62H,3-4,6,8-10,13,16,19,22-32,34,36-39H2,1-2H3,(H,53,57)/b7-5-,12-11-,15-14-,18-17-,21-20-,35-33+. The Labute approximate surface area is 396 Å². The van der Waals surface area contributed by atoms with Gasteiger partial charge in [-0.2, -0.15) is 0 Å². The molecule has 2 rings (SSSR count). The van der Waals surface area contributed by atoms with E-state index in [0.29, 0.717) is 6.42 Å². The number of aliphatic hydroxyl groups is 8. The quantitative estimate of drug-likeness (QED) is 0.0242. The lowest BCUT2D eigenvalue weighted by atomic mass is 9.97. The molecule has 66 heavy (non-hydrogen) atoms. The maximum absolute atomic E-state index is 13.1. The van der Waals surface area contributed by atoms with Gasteiger partial charge in [0, 0.05) is 6.42 Å². The molecule has 12 unspecified atom stereocenters. The molecule has 0 saturated carbocycles. The Morgan fingerprint density at radius 1 is 0.561 bits per heavy atom. The number of carbonyl (C=O) groups excluding carboxylic acids is 1. The lowest BCUT2D eigenvalue weighted by Crippen LogP contribution is -2.65. The van der Waals surface area contributed by atoms with Gasteiger partial charge in [-0.05, 0) is 64.2 Å². The summed E-state index contributed by atoms with van der Waals surface area (Å²) < 4.78 is 22.6. The second kappa shape index (κ2) is 38.3. The number of hydrogen-bond donors (Lipinski definition) is 9. The monoisotopic (exact) mass is 936 g/mol. The van der Waals surface area contributed by atoms with E-state index in [4.69, 9.17) is 18.9 Å². The summed E-state index contributed by atoms with van der Waals surface area (Å²) in [6, 6.07) is -0.918. The van der Waals surface area contributed by atoms with Crippen LogP contribution in [0, 0.1) is 0 Å².